The van der Waals surface area contributed by atoms with Crippen LogP contribution in [0.25, 0.3) is 0 Å². The van der Waals surface area contributed by atoms with E-state index >= 15 is 0 Å². The molecule has 1 saturated heterocycles. The Bertz CT molecular complexity index is 464. The normalized spacial score (nSPS) is 20.0. The van der Waals surface area contributed by atoms with Gasteiger partial charge < -0.3 is 10.2 Å². The molecule has 1 atom stereocenters. The molecular weight excluding hydrogens is 242 g/mol. The lowest BCUT2D eigenvalue weighted by molar-refractivity contribution is -0.127. The summed E-state index contributed by atoms with van der Waals surface area (Å²) in [5.74, 6) is -0.415. The first-order valence-electron chi connectivity index (χ1n) is 5.30. The SMILES string of the molecule is CC1C(=O)NCCN1C(=O)c1cc(Cl)ccn1. The summed E-state index contributed by atoms with van der Waals surface area (Å²) in [6.07, 6.45) is 1.48. The van der Waals surface area contributed by atoms with Crippen molar-refractivity contribution in [1.29, 1.82) is 0 Å². The molecule has 0 spiro atoms. The smallest absolute Gasteiger partial charge is 0.273 e. The molecule has 1 aliphatic heterocycles. The average Bonchev–Trinajstić information content (AvgIpc) is 2.32. The largest absolute Gasteiger partial charge is 0.353 e. The van der Waals surface area contributed by atoms with Crippen LogP contribution in [0.5, 0.6) is 0 Å². The van der Waals surface area contributed by atoms with Crippen molar-refractivity contribution < 1.29 is 9.59 Å². The van der Waals surface area contributed by atoms with Crippen LogP contribution in [0.1, 0.15) is 17.4 Å². The van der Waals surface area contributed by atoms with Gasteiger partial charge in [0.15, 0.2) is 0 Å². The van der Waals surface area contributed by atoms with Gasteiger partial charge in [-0.1, -0.05) is 11.6 Å². The second-order valence-electron chi connectivity index (χ2n) is 3.82. The highest BCUT2D eigenvalue weighted by molar-refractivity contribution is 6.30. The van der Waals surface area contributed by atoms with Crippen molar-refractivity contribution in [2.75, 3.05) is 13.1 Å². The van der Waals surface area contributed by atoms with E-state index in [0.717, 1.165) is 0 Å². The summed E-state index contributed by atoms with van der Waals surface area (Å²) in [5, 5.41) is 3.16. The summed E-state index contributed by atoms with van der Waals surface area (Å²) in [4.78, 5) is 29.1. The Kier molecular flexibility index (Phi) is 3.28. The van der Waals surface area contributed by atoms with E-state index in [9.17, 15) is 9.59 Å². The molecule has 0 bridgehead atoms. The summed E-state index contributed by atoms with van der Waals surface area (Å²) in [7, 11) is 0. The predicted octanol–water partition coefficient (Wildman–Crippen LogP) is 0.695. The molecule has 1 fully saturated rings. The lowest BCUT2D eigenvalue weighted by Gasteiger charge is -2.32. The molecule has 90 valence electrons. The van der Waals surface area contributed by atoms with Gasteiger partial charge >= 0.3 is 0 Å². The minimum atomic E-state index is -0.475. The van der Waals surface area contributed by atoms with Crippen molar-refractivity contribution in [3.8, 4) is 0 Å². The van der Waals surface area contributed by atoms with Crippen molar-refractivity contribution in [2.45, 2.75) is 13.0 Å². The van der Waals surface area contributed by atoms with Gasteiger partial charge in [0.2, 0.25) is 5.91 Å². The molecule has 1 aromatic rings. The van der Waals surface area contributed by atoms with E-state index in [0.29, 0.717) is 18.1 Å². The fourth-order valence-corrected chi connectivity index (χ4v) is 1.89. The number of hydrogen-bond acceptors (Lipinski definition) is 3. The van der Waals surface area contributed by atoms with Crippen molar-refractivity contribution in [2.24, 2.45) is 0 Å². The molecular formula is C11H12ClN3O2. The van der Waals surface area contributed by atoms with Gasteiger partial charge in [-0.25, -0.2) is 0 Å². The van der Waals surface area contributed by atoms with E-state index in [2.05, 4.69) is 10.3 Å². The van der Waals surface area contributed by atoms with Gasteiger partial charge in [0.1, 0.15) is 11.7 Å². The van der Waals surface area contributed by atoms with Crippen LogP contribution in [-0.4, -0.2) is 40.8 Å². The standard InChI is InChI=1S/C11H12ClN3O2/c1-7-10(16)14-4-5-15(7)11(17)9-6-8(12)2-3-13-9/h2-3,6-7H,4-5H2,1H3,(H,14,16). The molecule has 0 aromatic carbocycles. The molecule has 17 heavy (non-hydrogen) atoms. The van der Waals surface area contributed by atoms with E-state index in [1.807, 2.05) is 0 Å². The van der Waals surface area contributed by atoms with Gasteiger partial charge in [0.25, 0.3) is 5.91 Å². The zero-order chi connectivity index (χ0) is 12.4. The van der Waals surface area contributed by atoms with Gasteiger partial charge in [-0.05, 0) is 19.1 Å². The van der Waals surface area contributed by atoms with Gasteiger partial charge in [0.05, 0.1) is 0 Å². The van der Waals surface area contributed by atoms with Crippen LogP contribution in [0, 0.1) is 0 Å². The van der Waals surface area contributed by atoms with Crippen LogP contribution < -0.4 is 5.32 Å². The van der Waals surface area contributed by atoms with Crippen LogP contribution in [0.3, 0.4) is 0 Å². The number of rotatable bonds is 1. The number of nitrogens with zero attached hydrogens (tertiary/aromatic N) is 2. The topological polar surface area (TPSA) is 62.3 Å². The Morgan fingerprint density at radius 1 is 1.65 bits per heavy atom. The van der Waals surface area contributed by atoms with Gasteiger partial charge in [0, 0.05) is 24.3 Å². The van der Waals surface area contributed by atoms with E-state index < -0.39 is 6.04 Å². The fraction of sp³-hybridized carbons (Fsp3) is 0.364. The summed E-state index contributed by atoms with van der Waals surface area (Å²) in [6.45, 7) is 2.65. The van der Waals surface area contributed by atoms with Crippen LogP contribution in [0.2, 0.25) is 5.02 Å². The Morgan fingerprint density at radius 2 is 2.41 bits per heavy atom. The molecule has 0 radical (unpaired) electrons. The molecule has 2 amide bonds. The number of piperazine rings is 1. The van der Waals surface area contributed by atoms with Crippen LogP contribution >= 0.6 is 11.6 Å². The highest BCUT2D eigenvalue weighted by Gasteiger charge is 2.30. The van der Waals surface area contributed by atoms with Crippen LogP contribution in [0.4, 0.5) is 0 Å². The Hall–Kier alpha value is -1.62. The molecule has 2 rings (SSSR count). The molecule has 0 saturated carbocycles. The van der Waals surface area contributed by atoms with Crippen LogP contribution in [-0.2, 0) is 4.79 Å². The summed E-state index contributed by atoms with van der Waals surface area (Å²) < 4.78 is 0. The first kappa shape index (κ1) is 11.9. The number of carbonyl (C=O) groups is 2. The summed E-state index contributed by atoms with van der Waals surface area (Å²) >= 11 is 5.80. The molecule has 1 aliphatic rings. The summed E-state index contributed by atoms with van der Waals surface area (Å²) in [5.41, 5.74) is 0.263. The number of hydrogen-bond donors (Lipinski definition) is 1. The van der Waals surface area contributed by atoms with Crippen molar-refractivity contribution in [1.82, 2.24) is 15.2 Å². The number of nitrogens with one attached hydrogen (secondary N) is 1. The highest BCUT2D eigenvalue weighted by Crippen LogP contribution is 2.13. The molecule has 5 nitrogen and oxygen atoms in total. The first-order valence-corrected chi connectivity index (χ1v) is 5.67. The van der Waals surface area contributed by atoms with Crippen LogP contribution in [0.15, 0.2) is 18.3 Å². The van der Waals surface area contributed by atoms with E-state index in [4.69, 9.17) is 11.6 Å². The molecule has 1 unspecified atom stereocenters. The monoisotopic (exact) mass is 253 g/mol. The zero-order valence-electron chi connectivity index (χ0n) is 9.31. The lowest BCUT2D eigenvalue weighted by Crippen LogP contribution is -2.55. The molecule has 1 aromatic heterocycles. The van der Waals surface area contributed by atoms with E-state index in [-0.39, 0.29) is 17.5 Å². The predicted molar refractivity (Wildman–Crippen MR) is 62.8 cm³/mol. The fourth-order valence-electron chi connectivity index (χ4n) is 1.73. The maximum atomic E-state index is 12.1. The van der Waals surface area contributed by atoms with Gasteiger partial charge in [-0.15, -0.1) is 0 Å². The maximum absolute atomic E-state index is 12.1. The third-order valence-electron chi connectivity index (χ3n) is 2.70. The molecule has 6 heteroatoms. The molecule has 2 heterocycles. The number of halogens is 1. The van der Waals surface area contributed by atoms with Gasteiger partial charge in [-0.2, -0.15) is 0 Å². The third-order valence-corrected chi connectivity index (χ3v) is 2.94. The number of pyridine rings is 1. The summed E-state index contributed by atoms with van der Waals surface area (Å²) in [6, 6.07) is 2.63. The molecule has 1 N–H and O–H groups in total. The van der Waals surface area contributed by atoms with E-state index in [1.54, 1.807) is 13.0 Å². The van der Waals surface area contributed by atoms with Crippen molar-refractivity contribution in [3.63, 3.8) is 0 Å². The lowest BCUT2D eigenvalue weighted by atomic mass is 10.2. The van der Waals surface area contributed by atoms with Gasteiger partial charge in [-0.3, -0.25) is 14.6 Å². The Labute approximate surface area is 104 Å². The Balaban J connectivity index is 2.22. The maximum Gasteiger partial charge on any atom is 0.273 e. The number of carbonyl (C=O) groups excluding carboxylic acids is 2. The zero-order valence-corrected chi connectivity index (χ0v) is 10.1. The number of aromatic nitrogens is 1. The third kappa shape index (κ3) is 2.39. The van der Waals surface area contributed by atoms with E-state index in [1.165, 1.54) is 17.2 Å². The average molecular weight is 254 g/mol. The minimum absolute atomic E-state index is 0.147. The highest BCUT2D eigenvalue weighted by atomic mass is 35.5. The second kappa shape index (κ2) is 4.71. The first-order chi connectivity index (χ1) is 8.09. The van der Waals surface area contributed by atoms with Crippen molar-refractivity contribution in [3.05, 3.63) is 29.0 Å². The second-order valence-corrected chi connectivity index (χ2v) is 4.26. The number of amides is 2. The Morgan fingerprint density at radius 3 is 3.12 bits per heavy atom. The molecule has 0 aliphatic carbocycles. The van der Waals surface area contributed by atoms with Crippen molar-refractivity contribution >= 4 is 23.4 Å². The minimum Gasteiger partial charge on any atom is -0.353 e. The quantitative estimate of drug-likeness (QED) is 0.801.